The molecule has 0 spiro atoms. The molecule has 130 valence electrons. The number of pyridine rings is 1. The van der Waals surface area contributed by atoms with E-state index in [1.165, 1.54) is 0 Å². The van der Waals surface area contributed by atoms with E-state index in [0.29, 0.717) is 16.4 Å². The van der Waals surface area contributed by atoms with Gasteiger partial charge in [-0.05, 0) is 49.1 Å². The van der Waals surface area contributed by atoms with Crippen LogP contribution in [0.3, 0.4) is 0 Å². The maximum absolute atomic E-state index is 12.2. The number of thiophene rings is 1. The number of rotatable bonds is 4. The number of aromatic nitrogens is 4. The molecule has 0 aliphatic carbocycles. The molecule has 4 rings (SSSR count). The lowest BCUT2D eigenvalue weighted by atomic mass is 10.1. The van der Waals surface area contributed by atoms with Gasteiger partial charge in [0.1, 0.15) is 10.7 Å². The summed E-state index contributed by atoms with van der Waals surface area (Å²) in [5.41, 5.74) is 2.72. The molecule has 4 heterocycles. The van der Waals surface area contributed by atoms with Crippen molar-refractivity contribution in [1.29, 1.82) is 0 Å². The van der Waals surface area contributed by atoms with E-state index in [4.69, 9.17) is 4.52 Å². The molecule has 0 saturated carbocycles. The molecule has 0 saturated heterocycles. The largest absolute Gasteiger partial charge is 0.355 e. The molecule has 0 aliphatic heterocycles. The summed E-state index contributed by atoms with van der Waals surface area (Å²) in [4.78, 5) is 19.2. The maximum atomic E-state index is 12.2. The minimum Gasteiger partial charge on any atom is -0.355 e. The zero-order chi connectivity index (χ0) is 18.1. The fourth-order valence-electron chi connectivity index (χ4n) is 2.45. The van der Waals surface area contributed by atoms with Crippen LogP contribution < -0.4 is 5.32 Å². The number of aryl methyl sites for hydroxylation is 2. The first-order valence-electron chi connectivity index (χ1n) is 7.70. The van der Waals surface area contributed by atoms with Crippen LogP contribution in [0, 0.1) is 13.8 Å². The minimum absolute atomic E-state index is 0.252. The summed E-state index contributed by atoms with van der Waals surface area (Å²) in [6.07, 6.45) is 3.37. The second kappa shape index (κ2) is 6.77. The van der Waals surface area contributed by atoms with E-state index in [1.807, 2.05) is 19.1 Å². The molecule has 4 aromatic rings. The van der Waals surface area contributed by atoms with Gasteiger partial charge in [-0.1, -0.05) is 9.64 Å². The Morgan fingerprint density at radius 1 is 1.23 bits per heavy atom. The van der Waals surface area contributed by atoms with Gasteiger partial charge in [0.25, 0.3) is 5.91 Å². The summed E-state index contributed by atoms with van der Waals surface area (Å²) in [6.45, 7) is 3.79. The summed E-state index contributed by atoms with van der Waals surface area (Å²) in [7, 11) is 0. The molecule has 1 amide bonds. The fraction of sp³-hybridized carbons (Fsp3) is 0.118. The molecule has 9 heteroatoms. The zero-order valence-electron chi connectivity index (χ0n) is 13.9. The molecule has 4 aromatic heterocycles. The van der Waals surface area contributed by atoms with Gasteiger partial charge in [0.05, 0.1) is 16.8 Å². The van der Waals surface area contributed by atoms with Gasteiger partial charge in [0, 0.05) is 22.7 Å². The number of hydrogen-bond donors (Lipinski definition) is 1. The molecule has 0 atom stereocenters. The van der Waals surface area contributed by atoms with Gasteiger partial charge in [-0.25, -0.2) is 4.98 Å². The van der Waals surface area contributed by atoms with E-state index >= 15 is 0 Å². The molecule has 1 N–H and O–H groups in total. The normalized spacial score (nSPS) is 10.8. The molecule has 0 unspecified atom stereocenters. The lowest BCUT2D eigenvalue weighted by Crippen LogP contribution is -2.12. The van der Waals surface area contributed by atoms with Crippen LogP contribution in [0.5, 0.6) is 0 Å². The lowest BCUT2D eigenvalue weighted by Gasteiger charge is -2.04. The van der Waals surface area contributed by atoms with Crippen molar-refractivity contribution in [1.82, 2.24) is 19.7 Å². The first kappa shape index (κ1) is 16.6. The summed E-state index contributed by atoms with van der Waals surface area (Å²) in [5.74, 6) is 0.976. The van der Waals surface area contributed by atoms with Crippen LogP contribution in [0.1, 0.15) is 20.9 Å². The van der Waals surface area contributed by atoms with Crippen LogP contribution in [0.15, 0.2) is 41.2 Å². The Bertz CT molecular complexity index is 1050. The van der Waals surface area contributed by atoms with Crippen molar-refractivity contribution in [3.05, 3.63) is 52.8 Å². The number of carbonyl (C=O) groups is 1. The molecule has 0 bridgehead atoms. The summed E-state index contributed by atoms with van der Waals surface area (Å²) < 4.78 is 8.99. The van der Waals surface area contributed by atoms with E-state index in [1.54, 1.807) is 36.7 Å². The molecule has 0 fully saturated rings. The van der Waals surface area contributed by atoms with Gasteiger partial charge in [-0.2, -0.15) is 0 Å². The van der Waals surface area contributed by atoms with Gasteiger partial charge >= 0.3 is 0 Å². The molecular formula is C17H13N5O2S2. The van der Waals surface area contributed by atoms with Crippen LogP contribution in [0.2, 0.25) is 0 Å². The van der Waals surface area contributed by atoms with Crippen molar-refractivity contribution < 1.29 is 9.32 Å². The van der Waals surface area contributed by atoms with Crippen LogP contribution in [-0.2, 0) is 0 Å². The minimum atomic E-state index is -0.252. The topological polar surface area (TPSA) is 93.8 Å². The van der Waals surface area contributed by atoms with Gasteiger partial charge in [0.15, 0.2) is 5.76 Å². The van der Waals surface area contributed by atoms with E-state index < -0.39 is 0 Å². The average Bonchev–Trinajstić information content (AvgIpc) is 3.36. The number of nitrogens with one attached hydrogen (secondary N) is 1. The number of nitrogens with zero attached hydrogens (tertiary/aromatic N) is 4. The second-order valence-corrected chi connectivity index (χ2v) is 7.38. The smallest absolute Gasteiger partial charge is 0.270 e. The lowest BCUT2D eigenvalue weighted by molar-refractivity contribution is 0.102. The highest BCUT2D eigenvalue weighted by Gasteiger charge is 2.15. The van der Waals surface area contributed by atoms with Gasteiger partial charge in [-0.15, -0.1) is 16.4 Å². The van der Waals surface area contributed by atoms with Crippen LogP contribution >= 0.6 is 22.9 Å². The van der Waals surface area contributed by atoms with E-state index in [0.717, 1.165) is 38.2 Å². The Morgan fingerprint density at radius 2 is 2.12 bits per heavy atom. The van der Waals surface area contributed by atoms with Crippen LogP contribution in [0.25, 0.3) is 21.1 Å². The highest BCUT2D eigenvalue weighted by molar-refractivity contribution is 7.19. The first-order chi connectivity index (χ1) is 12.6. The van der Waals surface area contributed by atoms with Gasteiger partial charge in [0.2, 0.25) is 0 Å². The predicted octanol–water partition coefficient (Wildman–Crippen LogP) is 4.19. The Labute approximate surface area is 156 Å². The Hall–Kier alpha value is -2.91. The first-order valence-corrected chi connectivity index (χ1v) is 9.29. The quantitative estimate of drug-likeness (QED) is 0.568. The Kier molecular flexibility index (Phi) is 4.31. The third-order valence-electron chi connectivity index (χ3n) is 3.72. The molecule has 0 aromatic carbocycles. The summed E-state index contributed by atoms with van der Waals surface area (Å²) in [6, 6.07) is 7.62. The number of hydrogen-bond acceptors (Lipinski definition) is 8. The molecular weight excluding hydrogens is 370 g/mol. The van der Waals surface area contributed by atoms with Crippen molar-refractivity contribution in [3.63, 3.8) is 0 Å². The standard InChI is InChI=1S/C17H13N5O2S2/c1-9-7-13(12-5-6-19-24-12)25-15(9)11-3-4-14(18-8-11)20-17(23)16-10(2)21-22-26-16/h3-8H,1-2H3,(H,18,20,23). The van der Waals surface area contributed by atoms with Crippen molar-refractivity contribution in [2.75, 3.05) is 5.32 Å². The van der Waals surface area contributed by atoms with Crippen molar-refractivity contribution >= 4 is 34.6 Å². The number of amides is 1. The monoisotopic (exact) mass is 383 g/mol. The Morgan fingerprint density at radius 3 is 2.77 bits per heavy atom. The second-order valence-electron chi connectivity index (χ2n) is 5.57. The highest BCUT2D eigenvalue weighted by atomic mass is 32.1. The SMILES string of the molecule is Cc1cc(-c2ccno2)sc1-c1ccc(NC(=O)c2snnc2C)nc1. The number of anilines is 1. The molecule has 7 nitrogen and oxygen atoms in total. The zero-order valence-corrected chi connectivity index (χ0v) is 15.5. The van der Waals surface area contributed by atoms with Crippen LogP contribution in [0.4, 0.5) is 5.82 Å². The van der Waals surface area contributed by atoms with E-state index in [-0.39, 0.29) is 5.91 Å². The highest BCUT2D eigenvalue weighted by Crippen LogP contribution is 2.37. The third kappa shape index (κ3) is 3.14. The summed E-state index contributed by atoms with van der Waals surface area (Å²) in [5, 5.41) is 10.4. The average molecular weight is 383 g/mol. The van der Waals surface area contributed by atoms with Crippen molar-refractivity contribution in [2.45, 2.75) is 13.8 Å². The molecule has 26 heavy (non-hydrogen) atoms. The van der Waals surface area contributed by atoms with E-state index in [2.05, 4.69) is 31.1 Å². The van der Waals surface area contributed by atoms with E-state index in [9.17, 15) is 4.79 Å². The maximum Gasteiger partial charge on any atom is 0.270 e. The Balaban J connectivity index is 1.55. The molecule has 0 radical (unpaired) electrons. The molecule has 0 aliphatic rings. The van der Waals surface area contributed by atoms with Crippen molar-refractivity contribution in [2.24, 2.45) is 0 Å². The summed E-state index contributed by atoms with van der Waals surface area (Å²) >= 11 is 2.68. The number of carbonyl (C=O) groups excluding carboxylic acids is 1. The van der Waals surface area contributed by atoms with Crippen LogP contribution in [-0.4, -0.2) is 25.6 Å². The predicted molar refractivity (Wildman–Crippen MR) is 100 cm³/mol. The third-order valence-corrected chi connectivity index (χ3v) is 5.85. The van der Waals surface area contributed by atoms with Gasteiger partial charge < -0.3 is 9.84 Å². The fourth-order valence-corrected chi connectivity index (χ4v) is 4.12. The van der Waals surface area contributed by atoms with Gasteiger partial charge in [-0.3, -0.25) is 4.79 Å². The van der Waals surface area contributed by atoms with Crippen molar-refractivity contribution in [3.8, 4) is 21.1 Å².